The van der Waals surface area contributed by atoms with Gasteiger partial charge in [0.25, 0.3) is 0 Å². The van der Waals surface area contributed by atoms with Crippen LogP contribution < -0.4 is 0 Å². The number of ketones is 1. The van der Waals surface area contributed by atoms with Gasteiger partial charge in [0.05, 0.1) is 0 Å². The van der Waals surface area contributed by atoms with Crippen molar-refractivity contribution in [2.45, 2.75) is 59.3 Å². The highest BCUT2D eigenvalue weighted by Gasteiger charge is 2.63. The second kappa shape index (κ2) is 3.11. The fraction of sp³-hybridized carbons (Fsp3) is 0.933. The molecule has 4 saturated carbocycles. The smallest absolute Gasteiger partial charge is 0.139 e. The Kier molecular flexibility index (Phi) is 2.10. The predicted octanol–water partition coefficient (Wildman–Crippen LogP) is 3.82. The molecule has 0 aromatic carbocycles. The molecule has 0 aromatic rings. The quantitative estimate of drug-likeness (QED) is 0.606. The van der Waals surface area contributed by atoms with Crippen molar-refractivity contribution >= 4 is 5.78 Å². The van der Waals surface area contributed by atoms with Gasteiger partial charge < -0.3 is 0 Å². The Bertz CT molecular complexity index is 330. The molecule has 1 nitrogen and oxygen atoms in total. The lowest BCUT2D eigenvalue weighted by Gasteiger charge is -2.66. The third kappa shape index (κ3) is 1.10. The molecule has 16 heavy (non-hydrogen) atoms. The van der Waals surface area contributed by atoms with E-state index < -0.39 is 0 Å². The minimum Gasteiger partial charge on any atom is -0.299 e. The molecule has 4 rings (SSSR count). The third-order valence-corrected chi connectivity index (χ3v) is 6.46. The highest BCUT2D eigenvalue weighted by molar-refractivity contribution is 5.86. The Labute approximate surface area is 99.0 Å². The van der Waals surface area contributed by atoms with Crippen LogP contribution in [0.3, 0.4) is 0 Å². The van der Waals surface area contributed by atoms with Crippen LogP contribution in [0.25, 0.3) is 0 Å². The van der Waals surface area contributed by atoms with Gasteiger partial charge in [0, 0.05) is 11.8 Å². The zero-order chi connectivity index (χ0) is 11.6. The number of carbonyl (C=O) groups excluding carboxylic acids is 1. The van der Waals surface area contributed by atoms with Gasteiger partial charge in [0.2, 0.25) is 0 Å². The van der Waals surface area contributed by atoms with Gasteiger partial charge in [0.15, 0.2) is 0 Å². The lowest BCUT2D eigenvalue weighted by atomic mass is 9.38. The Morgan fingerprint density at radius 2 is 2.00 bits per heavy atom. The summed E-state index contributed by atoms with van der Waals surface area (Å²) in [6.07, 6.45) is 7.09. The number of hydrogen-bond acceptors (Lipinski definition) is 1. The van der Waals surface area contributed by atoms with Crippen LogP contribution in [0, 0.1) is 28.6 Å². The number of rotatable bonds is 0. The number of Topliss-reactive ketones (excluding diaryl/α,β-unsaturated/α-hetero) is 1. The highest BCUT2D eigenvalue weighted by Crippen LogP contribution is 2.68. The lowest BCUT2D eigenvalue weighted by molar-refractivity contribution is -0.185. The van der Waals surface area contributed by atoms with Crippen LogP contribution in [-0.4, -0.2) is 5.78 Å². The van der Waals surface area contributed by atoms with Crippen molar-refractivity contribution in [2.75, 3.05) is 0 Å². The topological polar surface area (TPSA) is 17.1 Å². The van der Waals surface area contributed by atoms with Crippen LogP contribution in [0.15, 0.2) is 0 Å². The van der Waals surface area contributed by atoms with E-state index in [1.54, 1.807) is 0 Å². The monoisotopic (exact) mass is 220 g/mol. The van der Waals surface area contributed by atoms with E-state index in [-0.39, 0.29) is 5.41 Å². The summed E-state index contributed by atoms with van der Waals surface area (Å²) < 4.78 is 0. The van der Waals surface area contributed by atoms with Gasteiger partial charge in [-0.3, -0.25) is 4.79 Å². The molecule has 4 fully saturated rings. The first kappa shape index (κ1) is 10.8. The summed E-state index contributed by atoms with van der Waals surface area (Å²) >= 11 is 0. The molecule has 4 aliphatic rings. The molecule has 0 heterocycles. The molecule has 1 spiro atoms. The average Bonchev–Trinajstić information content (AvgIpc) is 2.25. The molecule has 90 valence electrons. The van der Waals surface area contributed by atoms with E-state index in [9.17, 15) is 4.79 Å². The zero-order valence-corrected chi connectivity index (χ0v) is 10.9. The van der Waals surface area contributed by atoms with Crippen molar-refractivity contribution in [1.29, 1.82) is 0 Å². The van der Waals surface area contributed by atoms with E-state index in [1.807, 2.05) is 0 Å². The van der Waals surface area contributed by atoms with Gasteiger partial charge in [-0.2, -0.15) is 0 Å². The zero-order valence-electron chi connectivity index (χ0n) is 10.9. The summed E-state index contributed by atoms with van der Waals surface area (Å²) in [5, 5.41) is 0. The van der Waals surface area contributed by atoms with Crippen LogP contribution in [0.5, 0.6) is 0 Å². The van der Waals surface area contributed by atoms with Gasteiger partial charge in [-0.15, -0.1) is 0 Å². The molecule has 0 amide bonds. The predicted molar refractivity (Wildman–Crippen MR) is 65.1 cm³/mol. The lowest BCUT2D eigenvalue weighted by Crippen LogP contribution is -2.61. The van der Waals surface area contributed by atoms with Crippen molar-refractivity contribution in [3.63, 3.8) is 0 Å². The van der Waals surface area contributed by atoms with E-state index in [4.69, 9.17) is 0 Å². The summed E-state index contributed by atoms with van der Waals surface area (Å²) in [6, 6.07) is 0. The maximum absolute atomic E-state index is 12.4. The molecule has 4 aliphatic carbocycles. The van der Waals surface area contributed by atoms with Crippen molar-refractivity contribution in [3.8, 4) is 0 Å². The Morgan fingerprint density at radius 3 is 2.56 bits per heavy atom. The van der Waals surface area contributed by atoms with Crippen LogP contribution >= 0.6 is 0 Å². The molecule has 0 aliphatic heterocycles. The summed E-state index contributed by atoms with van der Waals surface area (Å²) in [4.78, 5) is 12.4. The Morgan fingerprint density at radius 1 is 1.25 bits per heavy atom. The molecule has 0 N–H and O–H groups in total. The Hall–Kier alpha value is -0.330. The third-order valence-electron chi connectivity index (χ3n) is 6.46. The second-order valence-corrected chi connectivity index (χ2v) is 7.14. The molecule has 0 aromatic heterocycles. The van der Waals surface area contributed by atoms with Gasteiger partial charge in [-0.05, 0) is 48.9 Å². The van der Waals surface area contributed by atoms with E-state index >= 15 is 0 Å². The number of hydrogen-bond donors (Lipinski definition) is 0. The van der Waals surface area contributed by atoms with E-state index in [0.29, 0.717) is 17.1 Å². The summed E-state index contributed by atoms with van der Waals surface area (Å²) in [5.41, 5.74) is 0.629. The number of carbonyl (C=O) groups is 1. The van der Waals surface area contributed by atoms with Crippen LogP contribution in [-0.2, 0) is 4.79 Å². The maximum atomic E-state index is 12.4. The Balaban J connectivity index is 1.92. The molecule has 1 heteroatoms. The first-order valence-electron chi connectivity index (χ1n) is 7.02. The van der Waals surface area contributed by atoms with E-state index in [2.05, 4.69) is 20.8 Å². The fourth-order valence-corrected chi connectivity index (χ4v) is 5.07. The first-order chi connectivity index (χ1) is 7.48. The summed E-state index contributed by atoms with van der Waals surface area (Å²) in [5.74, 6) is 2.89. The van der Waals surface area contributed by atoms with Gasteiger partial charge in [-0.25, -0.2) is 0 Å². The first-order valence-corrected chi connectivity index (χ1v) is 7.02. The normalized spacial score (nSPS) is 50.2. The van der Waals surface area contributed by atoms with Crippen molar-refractivity contribution in [3.05, 3.63) is 0 Å². The molecule has 0 unspecified atom stereocenters. The minimum atomic E-state index is 0.112. The molecular formula is C15H24O. The van der Waals surface area contributed by atoms with Gasteiger partial charge in [-0.1, -0.05) is 27.2 Å². The summed E-state index contributed by atoms with van der Waals surface area (Å²) in [6.45, 7) is 7.20. The van der Waals surface area contributed by atoms with Crippen molar-refractivity contribution in [2.24, 2.45) is 28.6 Å². The molecule has 4 atom stereocenters. The largest absolute Gasteiger partial charge is 0.299 e. The maximum Gasteiger partial charge on any atom is 0.139 e. The van der Waals surface area contributed by atoms with Gasteiger partial charge in [0.1, 0.15) is 5.78 Å². The molecule has 0 saturated heterocycles. The summed E-state index contributed by atoms with van der Waals surface area (Å²) in [7, 11) is 0. The fourth-order valence-electron chi connectivity index (χ4n) is 5.07. The minimum absolute atomic E-state index is 0.112. The highest BCUT2D eigenvalue weighted by atomic mass is 16.1. The van der Waals surface area contributed by atoms with Crippen LogP contribution in [0.2, 0.25) is 0 Å². The van der Waals surface area contributed by atoms with Crippen LogP contribution in [0.4, 0.5) is 0 Å². The van der Waals surface area contributed by atoms with Gasteiger partial charge >= 0.3 is 0 Å². The second-order valence-electron chi connectivity index (χ2n) is 7.14. The molecule has 2 bridgehead atoms. The van der Waals surface area contributed by atoms with E-state index in [0.717, 1.165) is 24.7 Å². The van der Waals surface area contributed by atoms with E-state index in [1.165, 1.54) is 25.7 Å². The molecule has 0 radical (unpaired) electrons. The standard InChI is InChI=1S/C15H24O/c1-10-12-8-11(14(12,2)3)9-15(10)7-5-4-6-13(15)16/h10-12H,4-9H2,1-3H3/t10-,11+,12-,15-/m0/s1. The van der Waals surface area contributed by atoms with Crippen molar-refractivity contribution < 1.29 is 4.79 Å². The van der Waals surface area contributed by atoms with Crippen LogP contribution in [0.1, 0.15) is 59.3 Å². The van der Waals surface area contributed by atoms with Crippen molar-refractivity contribution in [1.82, 2.24) is 0 Å². The SMILES string of the molecule is C[C@H]1[C@@H]2C[C@H](C[C@@]13CCCCC3=O)C2(C)C. The molecular weight excluding hydrogens is 196 g/mol. The average molecular weight is 220 g/mol.